The van der Waals surface area contributed by atoms with Gasteiger partial charge in [-0.15, -0.1) is 0 Å². The number of fused-ring (bicyclic) bond motifs is 1. The maximum Gasteiger partial charge on any atom is 0.334 e. The lowest BCUT2D eigenvalue weighted by molar-refractivity contribution is -0.190. The number of urea groups is 1. The van der Waals surface area contributed by atoms with E-state index in [9.17, 15) is 14.4 Å². The van der Waals surface area contributed by atoms with E-state index in [1.165, 1.54) is 6.42 Å². The van der Waals surface area contributed by atoms with Crippen molar-refractivity contribution in [3.05, 3.63) is 71.8 Å². The van der Waals surface area contributed by atoms with Crippen molar-refractivity contribution < 1.29 is 14.4 Å². The zero-order valence-corrected chi connectivity index (χ0v) is 20.2. The zero-order chi connectivity index (χ0) is 24.4. The van der Waals surface area contributed by atoms with Crippen molar-refractivity contribution in [3.63, 3.8) is 0 Å². The molecular formula is C27H33N5O3. The Kier molecular flexibility index (Phi) is 6.72. The number of carbonyl (C=O) groups is 3. The minimum atomic E-state index is -0.734. The van der Waals surface area contributed by atoms with Gasteiger partial charge in [0, 0.05) is 19.6 Å². The summed E-state index contributed by atoms with van der Waals surface area (Å²) in [7, 11) is 1.76. The largest absolute Gasteiger partial charge is 0.334 e. The van der Waals surface area contributed by atoms with Crippen LogP contribution in [-0.2, 0) is 16.1 Å². The number of hydrazine groups is 1. The summed E-state index contributed by atoms with van der Waals surface area (Å²) < 4.78 is 0. The van der Waals surface area contributed by atoms with Crippen molar-refractivity contribution >= 4 is 17.8 Å². The number of nitrogens with zero attached hydrogens (tertiary/aromatic N) is 4. The van der Waals surface area contributed by atoms with Crippen molar-refractivity contribution in [2.45, 2.75) is 56.9 Å². The molecule has 2 aliphatic heterocycles. The van der Waals surface area contributed by atoms with Gasteiger partial charge in [-0.2, -0.15) is 0 Å². The van der Waals surface area contributed by atoms with Gasteiger partial charge in [0.25, 0.3) is 0 Å². The highest BCUT2D eigenvalue weighted by molar-refractivity contribution is 5.92. The van der Waals surface area contributed by atoms with Crippen molar-refractivity contribution in [1.29, 1.82) is 0 Å². The lowest BCUT2D eigenvalue weighted by Gasteiger charge is -2.55. The number of carbonyl (C=O) groups excluding carboxylic acids is 3. The molecule has 1 N–H and O–H groups in total. The number of amides is 4. The minimum Gasteiger partial charge on any atom is -0.334 e. The molecule has 184 valence electrons. The zero-order valence-electron chi connectivity index (χ0n) is 20.2. The number of hydrogen-bond acceptors (Lipinski definition) is 4. The van der Waals surface area contributed by atoms with Gasteiger partial charge in [0.05, 0.1) is 13.1 Å². The van der Waals surface area contributed by atoms with E-state index in [0.717, 1.165) is 36.8 Å². The first kappa shape index (κ1) is 23.4. The quantitative estimate of drug-likeness (QED) is 0.737. The van der Waals surface area contributed by atoms with E-state index in [4.69, 9.17) is 0 Å². The molecule has 1 aliphatic carbocycles. The molecule has 0 bridgehead atoms. The van der Waals surface area contributed by atoms with E-state index < -0.39 is 12.2 Å². The van der Waals surface area contributed by atoms with Gasteiger partial charge in [-0.05, 0) is 24.0 Å². The third-order valence-electron chi connectivity index (χ3n) is 7.40. The Bertz CT molecular complexity index is 1060. The number of benzene rings is 2. The first-order valence-corrected chi connectivity index (χ1v) is 12.5. The summed E-state index contributed by atoms with van der Waals surface area (Å²) in [6.07, 6.45) is 4.74. The standard InChI is InChI=1S/C27H33N5O3/c1-29-19-24(33)31-23(32(29)27(35)28-17-20-11-5-2-6-12-20)18-30(22-15-9-4-10-16-22)26(34)25(31)21-13-7-3-8-14-21/h2-3,5-8,11-14,22-23,25H,4,9-10,15-19H2,1H3,(H,28,35)/t23-,25-/m0/s1. The molecule has 2 heterocycles. The van der Waals surface area contributed by atoms with E-state index in [2.05, 4.69) is 5.32 Å². The number of hydrogen-bond donors (Lipinski definition) is 1. The van der Waals surface area contributed by atoms with Gasteiger partial charge in [-0.1, -0.05) is 79.9 Å². The predicted molar refractivity (Wildman–Crippen MR) is 132 cm³/mol. The highest BCUT2D eigenvalue weighted by Gasteiger charge is 2.52. The molecule has 4 amide bonds. The number of likely N-dealkylation sites (N-methyl/N-ethyl adjacent to an activating group) is 1. The number of piperazine rings is 1. The third kappa shape index (κ3) is 4.62. The number of nitrogens with one attached hydrogen (secondary N) is 1. The average Bonchev–Trinajstić information content (AvgIpc) is 2.89. The van der Waals surface area contributed by atoms with E-state index >= 15 is 0 Å². The Morgan fingerprint density at radius 1 is 0.943 bits per heavy atom. The van der Waals surface area contributed by atoms with Crippen molar-refractivity contribution in [2.24, 2.45) is 0 Å². The van der Waals surface area contributed by atoms with Crippen molar-refractivity contribution in [3.8, 4) is 0 Å². The van der Waals surface area contributed by atoms with Crippen LogP contribution in [0.1, 0.15) is 49.3 Å². The van der Waals surface area contributed by atoms with Crippen LogP contribution in [0.2, 0.25) is 0 Å². The van der Waals surface area contributed by atoms with Crippen LogP contribution in [-0.4, -0.2) is 70.0 Å². The summed E-state index contributed by atoms with van der Waals surface area (Å²) in [5.74, 6) is -0.183. The number of rotatable bonds is 4. The summed E-state index contributed by atoms with van der Waals surface area (Å²) in [5, 5.41) is 6.32. The summed E-state index contributed by atoms with van der Waals surface area (Å²) in [6, 6.07) is 18.4. The molecule has 2 aromatic rings. The van der Waals surface area contributed by atoms with E-state index in [-0.39, 0.29) is 30.4 Å². The second-order valence-electron chi connectivity index (χ2n) is 9.68. The molecule has 2 atom stereocenters. The predicted octanol–water partition coefficient (Wildman–Crippen LogP) is 3.13. The molecule has 3 fully saturated rings. The second kappa shape index (κ2) is 10.1. The second-order valence-corrected chi connectivity index (χ2v) is 9.68. The van der Waals surface area contributed by atoms with Gasteiger partial charge in [0.2, 0.25) is 11.8 Å². The average molecular weight is 476 g/mol. The van der Waals surface area contributed by atoms with Gasteiger partial charge in [0.1, 0.15) is 12.2 Å². The normalized spacial score (nSPS) is 23.9. The summed E-state index contributed by atoms with van der Waals surface area (Å²) in [5.41, 5.74) is 1.78. The Labute approximate surface area is 206 Å². The lowest BCUT2D eigenvalue weighted by Crippen LogP contribution is -2.74. The molecule has 0 radical (unpaired) electrons. The molecule has 5 rings (SSSR count). The van der Waals surface area contributed by atoms with Crippen LogP contribution < -0.4 is 5.32 Å². The first-order chi connectivity index (χ1) is 17.0. The van der Waals surface area contributed by atoms with Gasteiger partial charge in [0.15, 0.2) is 0 Å². The highest BCUT2D eigenvalue weighted by atomic mass is 16.2. The molecule has 0 aromatic heterocycles. The van der Waals surface area contributed by atoms with Crippen LogP contribution in [0.25, 0.3) is 0 Å². The Balaban J connectivity index is 1.47. The summed E-state index contributed by atoms with van der Waals surface area (Å²) in [6.45, 7) is 0.745. The van der Waals surface area contributed by atoms with Crippen LogP contribution in [0, 0.1) is 0 Å². The molecule has 0 spiro atoms. The first-order valence-electron chi connectivity index (χ1n) is 12.5. The fourth-order valence-corrected chi connectivity index (χ4v) is 5.69. The van der Waals surface area contributed by atoms with Gasteiger partial charge in [-0.3, -0.25) is 9.59 Å². The van der Waals surface area contributed by atoms with E-state index in [1.807, 2.05) is 65.6 Å². The highest BCUT2D eigenvalue weighted by Crippen LogP contribution is 2.37. The van der Waals surface area contributed by atoms with Crippen LogP contribution in [0.3, 0.4) is 0 Å². The van der Waals surface area contributed by atoms with Crippen LogP contribution in [0.4, 0.5) is 4.79 Å². The smallest absolute Gasteiger partial charge is 0.334 e. The van der Waals surface area contributed by atoms with Crippen LogP contribution in [0.15, 0.2) is 60.7 Å². The Morgan fingerprint density at radius 3 is 2.29 bits per heavy atom. The van der Waals surface area contributed by atoms with E-state index in [1.54, 1.807) is 22.0 Å². The summed E-state index contributed by atoms with van der Waals surface area (Å²) in [4.78, 5) is 44.3. The molecule has 1 saturated carbocycles. The van der Waals surface area contributed by atoms with Crippen LogP contribution >= 0.6 is 0 Å². The maximum absolute atomic E-state index is 13.9. The fraction of sp³-hybridized carbons (Fsp3) is 0.444. The molecule has 2 aromatic carbocycles. The lowest BCUT2D eigenvalue weighted by atomic mass is 9.91. The van der Waals surface area contributed by atoms with Gasteiger partial charge in [-0.25, -0.2) is 14.8 Å². The Hall–Kier alpha value is -3.39. The van der Waals surface area contributed by atoms with Gasteiger partial charge < -0.3 is 15.1 Å². The summed E-state index contributed by atoms with van der Waals surface area (Å²) >= 11 is 0. The van der Waals surface area contributed by atoms with E-state index in [0.29, 0.717) is 13.1 Å². The minimum absolute atomic E-state index is 0.0370. The molecule has 2 saturated heterocycles. The molecule has 8 heteroatoms. The molecule has 35 heavy (non-hydrogen) atoms. The monoisotopic (exact) mass is 475 g/mol. The van der Waals surface area contributed by atoms with Gasteiger partial charge >= 0.3 is 6.03 Å². The molecule has 3 aliphatic rings. The topological polar surface area (TPSA) is 76.2 Å². The third-order valence-corrected chi connectivity index (χ3v) is 7.40. The van der Waals surface area contributed by atoms with Crippen LogP contribution in [0.5, 0.6) is 0 Å². The molecular weight excluding hydrogens is 442 g/mol. The fourth-order valence-electron chi connectivity index (χ4n) is 5.69. The van der Waals surface area contributed by atoms with Crippen molar-refractivity contribution in [2.75, 3.05) is 20.1 Å². The maximum atomic E-state index is 13.9. The Morgan fingerprint density at radius 2 is 1.60 bits per heavy atom. The molecule has 8 nitrogen and oxygen atoms in total. The molecule has 0 unspecified atom stereocenters. The van der Waals surface area contributed by atoms with Crippen molar-refractivity contribution in [1.82, 2.24) is 25.1 Å². The SMILES string of the molecule is CN1CC(=O)N2[C@@H](c3ccccc3)C(=O)N(C3CCCCC3)C[C@@H]2N1C(=O)NCc1ccccc1.